The van der Waals surface area contributed by atoms with Gasteiger partial charge < -0.3 is 15.4 Å². The molecule has 2 aliphatic rings. The fourth-order valence-corrected chi connectivity index (χ4v) is 2.87. The summed E-state index contributed by atoms with van der Waals surface area (Å²) in [6.07, 6.45) is 4.47. The van der Waals surface area contributed by atoms with Crippen LogP contribution in [-0.2, 0) is 4.74 Å². The Kier molecular flexibility index (Phi) is 4.90. The molecule has 1 heterocycles. The molecule has 2 unspecified atom stereocenters. The zero-order valence-corrected chi connectivity index (χ0v) is 12.4. The molecule has 2 rings (SSSR count). The number of hydrogen-bond donors (Lipinski definition) is 2. The van der Waals surface area contributed by atoms with Crippen molar-refractivity contribution >= 4 is 18.5 Å². The Hall–Kier alpha value is -0.480. The third-order valence-electron chi connectivity index (χ3n) is 3.87. The minimum atomic E-state index is -0.411. The average molecular weight is 277 g/mol. The van der Waals surface area contributed by atoms with Crippen molar-refractivity contribution in [2.75, 3.05) is 13.1 Å². The number of rotatable bonds is 1. The highest BCUT2D eigenvalue weighted by Crippen LogP contribution is 2.45. The second-order valence-electron chi connectivity index (χ2n) is 6.38. The van der Waals surface area contributed by atoms with Crippen LogP contribution in [-0.4, -0.2) is 30.8 Å². The van der Waals surface area contributed by atoms with Crippen LogP contribution < -0.4 is 10.6 Å². The topological polar surface area (TPSA) is 50.4 Å². The first-order chi connectivity index (χ1) is 7.91. The highest BCUT2D eigenvalue weighted by molar-refractivity contribution is 5.85. The molecule has 1 amide bonds. The van der Waals surface area contributed by atoms with E-state index in [9.17, 15) is 4.79 Å². The van der Waals surface area contributed by atoms with Crippen molar-refractivity contribution < 1.29 is 9.53 Å². The Bertz CT molecular complexity index is 296. The van der Waals surface area contributed by atoms with E-state index in [1.165, 1.54) is 19.3 Å². The van der Waals surface area contributed by atoms with E-state index in [0.717, 1.165) is 19.5 Å². The van der Waals surface area contributed by atoms with Crippen LogP contribution in [0.2, 0.25) is 0 Å². The van der Waals surface area contributed by atoms with Gasteiger partial charge >= 0.3 is 6.09 Å². The molecule has 0 bridgehead atoms. The van der Waals surface area contributed by atoms with Gasteiger partial charge in [0.25, 0.3) is 0 Å². The predicted molar refractivity (Wildman–Crippen MR) is 74.2 cm³/mol. The van der Waals surface area contributed by atoms with E-state index in [1.54, 1.807) is 0 Å². The summed E-state index contributed by atoms with van der Waals surface area (Å²) in [5, 5.41) is 6.47. The third-order valence-corrected chi connectivity index (χ3v) is 3.87. The van der Waals surface area contributed by atoms with Gasteiger partial charge in [0.1, 0.15) is 5.60 Å². The normalized spacial score (nSPS) is 31.2. The molecule has 1 aliphatic heterocycles. The molecule has 0 radical (unpaired) electrons. The molecule has 0 aromatic heterocycles. The van der Waals surface area contributed by atoms with Crippen molar-refractivity contribution in [3.8, 4) is 0 Å². The SMILES string of the molecule is CC(C)(C)OC(=O)NC1CCC12CCCNC2.Cl. The second-order valence-corrected chi connectivity index (χ2v) is 6.38. The van der Waals surface area contributed by atoms with E-state index in [2.05, 4.69) is 10.6 Å². The molecular weight excluding hydrogens is 252 g/mol. The Morgan fingerprint density at radius 2 is 2.11 bits per heavy atom. The number of halogens is 1. The van der Waals surface area contributed by atoms with Crippen molar-refractivity contribution in [1.29, 1.82) is 0 Å². The minimum absolute atomic E-state index is 0. The third kappa shape index (κ3) is 3.51. The molecule has 18 heavy (non-hydrogen) atoms. The van der Waals surface area contributed by atoms with Gasteiger partial charge in [0.05, 0.1) is 0 Å². The van der Waals surface area contributed by atoms with Gasteiger partial charge in [0, 0.05) is 18.0 Å². The van der Waals surface area contributed by atoms with E-state index >= 15 is 0 Å². The van der Waals surface area contributed by atoms with Gasteiger partial charge in [-0.1, -0.05) is 0 Å². The number of carbonyl (C=O) groups is 1. The molecule has 5 heteroatoms. The Balaban J connectivity index is 0.00000162. The summed E-state index contributed by atoms with van der Waals surface area (Å²) in [6, 6.07) is 0.296. The van der Waals surface area contributed by atoms with Crippen LogP contribution in [0.25, 0.3) is 0 Å². The summed E-state index contributed by atoms with van der Waals surface area (Å²) in [7, 11) is 0. The van der Waals surface area contributed by atoms with Crippen LogP contribution in [0.5, 0.6) is 0 Å². The molecule has 1 saturated carbocycles. The number of nitrogens with one attached hydrogen (secondary N) is 2. The fourth-order valence-electron chi connectivity index (χ4n) is 2.87. The monoisotopic (exact) mass is 276 g/mol. The first kappa shape index (κ1) is 15.6. The van der Waals surface area contributed by atoms with Gasteiger partial charge in [-0.25, -0.2) is 4.79 Å². The maximum absolute atomic E-state index is 11.7. The van der Waals surface area contributed by atoms with Gasteiger partial charge in [-0.15, -0.1) is 12.4 Å². The van der Waals surface area contributed by atoms with E-state index in [0.29, 0.717) is 11.5 Å². The molecule has 1 aliphatic carbocycles. The molecule has 2 atom stereocenters. The van der Waals surface area contributed by atoms with Gasteiger partial charge in [-0.2, -0.15) is 0 Å². The summed E-state index contributed by atoms with van der Waals surface area (Å²) in [4.78, 5) is 11.7. The number of alkyl carbamates (subject to hydrolysis) is 1. The smallest absolute Gasteiger partial charge is 0.407 e. The molecule has 0 aromatic rings. The summed E-state index contributed by atoms with van der Waals surface area (Å²) in [5.74, 6) is 0. The first-order valence-corrected chi connectivity index (χ1v) is 6.62. The number of piperidine rings is 1. The standard InChI is InChI=1S/C13H24N2O2.ClH/c1-12(2,3)17-11(16)15-10-5-7-13(10)6-4-8-14-9-13;/h10,14H,4-9H2,1-3H3,(H,15,16);1H. The Labute approximate surface area is 116 Å². The number of carbonyl (C=O) groups excluding carboxylic acids is 1. The van der Waals surface area contributed by atoms with E-state index in [1.807, 2.05) is 20.8 Å². The van der Waals surface area contributed by atoms with Gasteiger partial charge in [-0.05, 0) is 53.0 Å². The lowest BCUT2D eigenvalue weighted by molar-refractivity contribution is 0.0118. The highest BCUT2D eigenvalue weighted by atomic mass is 35.5. The maximum atomic E-state index is 11.7. The zero-order chi connectivity index (χ0) is 12.5. The average Bonchev–Trinajstić information content (AvgIpc) is 2.23. The van der Waals surface area contributed by atoms with Crippen molar-refractivity contribution in [2.24, 2.45) is 5.41 Å². The molecule has 4 nitrogen and oxygen atoms in total. The predicted octanol–water partition coefficient (Wildman–Crippen LogP) is 2.47. The lowest BCUT2D eigenvalue weighted by Crippen LogP contribution is -2.61. The Morgan fingerprint density at radius 1 is 1.39 bits per heavy atom. The lowest BCUT2D eigenvalue weighted by atomic mass is 9.61. The van der Waals surface area contributed by atoms with Crippen molar-refractivity contribution in [3.05, 3.63) is 0 Å². The Morgan fingerprint density at radius 3 is 2.56 bits per heavy atom. The molecule has 106 valence electrons. The number of amides is 1. The van der Waals surface area contributed by atoms with Gasteiger partial charge in [0.15, 0.2) is 0 Å². The van der Waals surface area contributed by atoms with Crippen LogP contribution in [0.4, 0.5) is 4.79 Å². The van der Waals surface area contributed by atoms with Crippen molar-refractivity contribution in [3.63, 3.8) is 0 Å². The first-order valence-electron chi connectivity index (χ1n) is 6.62. The molecule has 1 saturated heterocycles. The van der Waals surface area contributed by atoms with Crippen molar-refractivity contribution in [2.45, 2.75) is 58.1 Å². The van der Waals surface area contributed by atoms with E-state index in [4.69, 9.17) is 4.74 Å². The van der Waals surface area contributed by atoms with E-state index < -0.39 is 5.60 Å². The van der Waals surface area contributed by atoms with Crippen LogP contribution >= 0.6 is 12.4 Å². The zero-order valence-electron chi connectivity index (χ0n) is 11.5. The van der Waals surface area contributed by atoms with E-state index in [-0.39, 0.29) is 18.5 Å². The van der Waals surface area contributed by atoms with Crippen LogP contribution in [0.3, 0.4) is 0 Å². The molecule has 0 aromatic carbocycles. The van der Waals surface area contributed by atoms with Gasteiger partial charge in [0.2, 0.25) is 0 Å². The highest BCUT2D eigenvalue weighted by Gasteiger charge is 2.48. The minimum Gasteiger partial charge on any atom is -0.444 e. The quantitative estimate of drug-likeness (QED) is 0.774. The van der Waals surface area contributed by atoms with Crippen LogP contribution in [0.1, 0.15) is 46.5 Å². The summed E-state index contributed by atoms with van der Waals surface area (Å²) in [5.41, 5.74) is -0.110. The van der Waals surface area contributed by atoms with Crippen LogP contribution in [0, 0.1) is 5.41 Å². The summed E-state index contributed by atoms with van der Waals surface area (Å²) < 4.78 is 5.31. The molecule has 2 N–H and O–H groups in total. The molecule has 1 spiro atoms. The largest absolute Gasteiger partial charge is 0.444 e. The van der Waals surface area contributed by atoms with Crippen molar-refractivity contribution in [1.82, 2.24) is 10.6 Å². The van der Waals surface area contributed by atoms with Gasteiger partial charge in [-0.3, -0.25) is 0 Å². The molecular formula is C13H25ClN2O2. The fraction of sp³-hybridized carbons (Fsp3) is 0.923. The number of hydrogen-bond acceptors (Lipinski definition) is 3. The second kappa shape index (κ2) is 5.66. The summed E-state index contributed by atoms with van der Waals surface area (Å²) in [6.45, 7) is 7.83. The number of ether oxygens (including phenoxy) is 1. The lowest BCUT2D eigenvalue weighted by Gasteiger charge is -2.52. The van der Waals surface area contributed by atoms with Crippen LogP contribution in [0.15, 0.2) is 0 Å². The summed E-state index contributed by atoms with van der Waals surface area (Å²) >= 11 is 0. The molecule has 2 fully saturated rings. The maximum Gasteiger partial charge on any atom is 0.407 e.